The van der Waals surface area contributed by atoms with Gasteiger partial charge in [0.25, 0.3) is 0 Å². The molecule has 0 saturated carbocycles. The van der Waals surface area contributed by atoms with Crippen LogP contribution in [-0.4, -0.2) is 35.0 Å². The van der Waals surface area contributed by atoms with Gasteiger partial charge < -0.3 is 14.7 Å². The molecule has 0 aromatic heterocycles. The second kappa shape index (κ2) is 8.52. The minimum absolute atomic E-state index is 0.0952. The van der Waals surface area contributed by atoms with Crippen molar-refractivity contribution >= 4 is 11.9 Å². The maximum absolute atomic E-state index is 11.9. The number of carboxylic acid groups (broad SMARTS) is 1. The SMILES string of the molecule is O=C(O)C1CC(=O)N(Cc2ccc(OCCCc3ccccc3)cc2)C1. The molecule has 5 heteroatoms. The van der Waals surface area contributed by atoms with Gasteiger partial charge in [-0.1, -0.05) is 42.5 Å². The molecule has 0 bridgehead atoms. The average Bonchev–Trinajstić information content (AvgIpc) is 3.02. The summed E-state index contributed by atoms with van der Waals surface area (Å²) in [4.78, 5) is 24.5. The molecule has 2 aromatic carbocycles. The van der Waals surface area contributed by atoms with Gasteiger partial charge in [0, 0.05) is 19.5 Å². The van der Waals surface area contributed by atoms with Crippen LogP contribution in [0.1, 0.15) is 24.0 Å². The van der Waals surface area contributed by atoms with Gasteiger partial charge in [0.2, 0.25) is 5.91 Å². The first-order valence-electron chi connectivity index (χ1n) is 8.88. The maximum atomic E-state index is 11.9. The van der Waals surface area contributed by atoms with Crippen molar-refractivity contribution < 1.29 is 19.4 Å². The van der Waals surface area contributed by atoms with Gasteiger partial charge in [0.05, 0.1) is 12.5 Å². The van der Waals surface area contributed by atoms with E-state index in [0.29, 0.717) is 13.2 Å². The van der Waals surface area contributed by atoms with E-state index in [2.05, 4.69) is 12.1 Å². The van der Waals surface area contributed by atoms with Crippen molar-refractivity contribution in [2.24, 2.45) is 5.92 Å². The Hall–Kier alpha value is -2.82. The Morgan fingerprint density at radius 2 is 1.81 bits per heavy atom. The molecule has 1 aliphatic heterocycles. The molecular formula is C21H23NO4. The molecule has 1 fully saturated rings. The van der Waals surface area contributed by atoms with Gasteiger partial charge in [-0.3, -0.25) is 9.59 Å². The molecule has 1 heterocycles. The number of nitrogens with zero attached hydrogens (tertiary/aromatic N) is 1. The fraction of sp³-hybridized carbons (Fsp3) is 0.333. The normalized spacial score (nSPS) is 16.7. The third-order valence-electron chi connectivity index (χ3n) is 4.58. The van der Waals surface area contributed by atoms with E-state index in [0.717, 1.165) is 24.2 Å². The van der Waals surface area contributed by atoms with Crippen molar-refractivity contribution in [1.29, 1.82) is 0 Å². The van der Waals surface area contributed by atoms with Crippen molar-refractivity contribution in [1.82, 2.24) is 4.90 Å². The summed E-state index contributed by atoms with van der Waals surface area (Å²) in [5.74, 6) is -0.786. The Labute approximate surface area is 153 Å². The average molecular weight is 353 g/mol. The summed E-state index contributed by atoms with van der Waals surface area (Å²) in [6, 6.07) is 18.0. The van der Waals surface area contributed by atoms with Crippen LogP contribution in [0.5, 0.6) is 5.75 Å². The van der Waals surface area contributed by atoms with Crippen LogP contribution >= 0.6 is 0 Å². The minimum Gasteiger partial charge on any atom is -0.494 e. The molecule has 136 valence electrons. The molecule has 0 aliphatic carbocycles. The molecule has 1 aliphatic rings. The van der Waals surface area contributed by atoms with Crippen molar-refractivity contribution in [2.75, 3.05) is 13.2 Å². The highest BCUT2D eigenvalue weighted by Crippen LogP contribution is 2.21. The Bertz CT molecular complexity index is 742. The zero-order valence-corrected chi connectivity index (χ0v) is 14.6. The van der Waals surface area contributed by atoms with Gasteiger partial charge in [0.15, 0.2) is 0 Å². The quantitative estimate of drug-likeness (QED) is 0.741. The van der Waals surface area contributed by atoms with E-state index < -0.39 is 11.9 Å². The predicted molar refractivity (Wildman–Crippen MR) is 97.9 cm³/mol. The van der Waals surface area contributed by atoms with Gasteiger partial charge in [-0.25, -0.2) is 0 Å². The molecule has 26 heavy (non-hydrogen) atoms. The van der Waals surface area contributed by atoms with Crippen LogP contribution in [0, 0.1) is 5.92 Å². The molecule has 3 rings (SSSR count). The number of aliphatic carboxylic acids is 1. The molecule has 0 radical (unpaired) electrons. The number of likely N-dealkylation sites (tertiary alicyclic amines) is 1. The van der Waals surface area contributed by atoms with Crippen LogP contribution in [0.2, 0.25) is 0 Å². The third kappa shape index (κ3) is 4.85. The third-order valence-corrected chi connectivity index (χ3v) is 4.58. The van der Waals surface area contributed by atoms with E-state index in [4.69, 9.17) is 9.84 Å². The maximum Gasteiger partial charge on any atom is 0.308 e. The van der Waals surface area contributed by atoms with Crippen LogP contribution in [0.3, 0.4) is 0 Å². The molecular weight excluding hydrogens is 330 g/mol. The summed E-state index contributed by atoms with van der Waals surface area (Å²) in [6.07, 6.45) is 2.03. The largest absolute Gasteiger partial charge is 0.494 e. The highest BCUT2D eigenvalue weighted by atomic mass is 16.5. The molecule has 1 N–H and O–H groups in total. The van der Waals surface area contributed by atoms with Crippen molar-refractivity contribution in [2.45, 2.75) is 25.8 Å². The fourth-order valence-electron chi connectivity index (χ4n) is 3.11. The van der Waals surface area contributed by atoms with Crippen LogP contribution in [0.4, 0.5) is 0 Å². The zero-order valence-electron chi connectivity index (χ0n) is 14.6. The second-order valence-corrected chi connectivity index (χ2v) is 6.60. The zero-order chi connectivity index (χ0) is 18.4. The Morgan fingerprint density at radius 1 is 1.08 bits per heavy atom. The minimum atomic E-state index is -0.903. The highest BCUT2D eigenvalue weighted by molar-refractivity contribution is 5.86. The lowest BCUT2D eigenvalue weighted by atomic mass is 10.1. The Kier molecular flexibility index (Phi) is 5.89. The summed E-state index contributed by atoms with van der Waals surface area (Å²) in [5, 5.41) is 9.03. The molecule has 5 nitrogen and oxygen atoms in total. The van der Waals surface area contributed by atoms with Gasteiger partial charge >= 0.3 is 5.97 Å². The van der Waals surface area contributed by atoms with Crippen LogP contribution < -0.4 is 4.74 Å². The molecule has 0 spiro atoms. The molecule has 1 amide bonds. The first kappa shape index (κ1) is 18.0. The monoisotopic (exact) mass is 353 g/mol. The highest BCUT2D eigenvalue weighted by Gasteiger charge is 2.33. The molecule has 1 saturated heterocycles. The lowest BCUT2D eigenvalue weighted by Gasteiger charge is -2.16. The van der Waals surface area contributed by atoms with Crippen LogP contribution in [0.15, 0.2) is 54.6 Å². The van der Waals surface area contributed by atoms with Gasteiger partial charge in [-0.05, 0) is 36.1 Å². The first-order valence-corrected chi connectivity index (χ1v) is 8.88. The topological polar surface area (TPSA) is 66.8 Å². The van der Waals surface area contributed by atoms with E-state index in [-0.39, 0.29) is 18.9 Å². The first-order chi connectivity index (χ1) is 12.6. The summed E-state index contributed by atoms with van der Waals surface area (Å²) in [6.45, 7) is 1.38. The number of aryl methyl sites for hydroxylation is 1. The van der Waals surface area contributed by atoms with Gasteiger partial charge in [-0.2, -0.15) is 0 Å². The lowest BCUT2D eigenvalue weighted by molar-refractivity contribution is -0.141. The van der Waals surface area contributed by atoms with Crippen LogP contribution in [0.25, 0.3) is 0 Å². The smallest absolute Gasteiger partial charge is 0.308 e. The number of carbonyl (C=O) groups excluding carboxylic acids is 1. The second-order valence-electron chi connectivity index (χ2n) is 6.60. The molecule has 2 aromatic rings. The van der Waals surface area contributed by atoms with Crippen molar-refractivity contribution in [3.8, 4) is 5.75 Å². The van der Waals surface area contributed by atoms with Crippen LogP contribution in [-0.2, 0) is 22.6 Å². The van der Waals surface area contributed by atoms with Gasteiger partial charge in [0.1, 0.15) is 5.75 Å². The number of rotatable bonds is 8. The van der Waals surface area contributed by atoms with E-state index in [1.54, 1.807) is 4.90 Å². The summed E-state index contributed by atoms with van der Waals surface area (Å²) in [5.41, 5.74) is 2.28. The standard InChI is InChI=1S/C21H23NO4/c23-20-13-18(21(24)25)15-22(20)14-17-8-10-19(11-9-17)26-12-4-7-16-5-2-1-3-6-16/h1-3,5-6,8-11,18H,4,7,12-15H2,(H,24,25). The predicted octanol–water partition coefficient (Wildman–Crippen LogP) is 3.13. The number of amides is 1. The van der Waals surface area contributed by atoms with Crippen molar-refractivity contribution in [3.63, 3.8) is 0 Å². The fourth-order valence-corrected chi connectivity index (χ4v) is 3.11. The van der Waals surface area contributed by atoms with E-state index in [1.165, 1.54) is 5.56 Å². The van der Waals surface area contributed by atoms with E-state index in [1.807, 2.05) is 42.5 Å². The number of hydrogen-bond acceptors (Lipinski definition) is 3. The number of benzene rings is 2. The molecule has 1 atom stereocenters. The Morgan fingerprint density at radius 3 is 2.46 bits per heavy atom. The summed E-state index contributed by atoms with van der Waals surface area (Å²) < 4.78 is 5.76. The van der Waals surface area contributed by atoms with E-state index in [9.17, 15) is 9.59 Å². The number of hydrogen-bond donors (Lipinski definition) is 1. The number of ether oxygens (including phenoxy) is 1. The number of carboxylic acids is 1. The Balaban J connectivity index is 1.43. The number of carbonyl (C=O) groups is 2. The van der Waals surface area contributed by atoms with Crippen molar-refractivity contribution in [3.05, 3.63) is 65.7 Å². The van der Waals surface area contributed by atoms with Gasteiger partial charge in [-0.15, -0.1) is 0 Å². The summed E-state index contributed by atoms with van der Waals surface area (Å²) in [7, 11) is 0. The van der Waals surface area contributed by atoms with E-state index >= 15 is 0 Å². The molecule has 1 unspecified atom stereocenters. The lowest BCUT2D eigenvalue weighted by Crippen LogP contribution is -2.25. The summed E-state index contributed by atoms with van der Waals surface area (Å²) >= 11 is 0.